The summed E-state index contributed by atoms with van der Waals surface area (Å²) in [5.74, 6) is -1.58. The molecule has 2 N–H and O–H groups in total. The van der Waals surface area contributed by atoms with Crippen molar-refractivity contribution in [3.63, 3.8) is 0 Å². The fourth-order valence-corrected chi connectivity index (χ4v) is 1.87. The van der Waals surface area contributed by atoms with Crippen LogP contribution in [0.3, 0.4) is 0 Å². The third kappa shape index (κ3) is 3.85. The molecule has 17 heavy (non-hydrogen) atoms. The van der Waals surface area contributed by atoms with E-state index in [4.69, 9.17) is 5.26 Å². The Hall–Kier alpha value is -1.94. The van der Waals surface area contributed by atoms with Gasteiger partial charge in [0.05, 0.1) is 12.1 Å². The first-order valence-electron chi connectivity index (χ1n) is 4.92. The lowest BCUT2D eigenvalue weighted by Crippen LogP contribution is -2.41. The Bertz CT molecular complexity index is 463. The molecule has 1 aromatic heterocycles. The van der Waals surface area contributed by atoms with Gasteiger partial charge in [0.2, 0.25) is 0 Å². The molecule has 0 aliphatic carbocycles. The summed E-state index contributed by atoms with van der Waals surface area (Å²) in [5, 5.41) is 13.7. The van der Waals surface area contributed by atoms with Crippen LogP contribution in [0.15, 0.2) is 6.20 Å². The number of nitriles is 1. The van der Waals surface area contributed by atoms with E-state index in [-0.39, 0.29) is 12.6 Å². The number of nitrogens with zero attached hydrogens (tertiary/aromatic N) is 2. The predicted molar refractivity (Wildman–Crippen MR) is 62.0 cm³/mol. The zero-order valence-electron chi connectivity index (χ0n) is 9.48. The van der Waals surface area contributed by atoms with Crippen molar-refractivity contribution >= 4 is 23.2 Å². The zero-order valence-corrected chi connectivity index (χ0v) is 10.3. The molecule has 1 rings (SSSR count). The van der Waals surface area contributed by atoms with Crippen molar-refractivity contribution in [2.45, 2.75) is 19.9 Å². The van der Waals surface area contributed by atoms with Crippen molar-refractivity contribution in [3.05, 3.63) is 16.1 Å². The van der Waals surface area contributed by atoms with E-state index in [1.54, 1.807) is 19.2 Å². The van der Waals surface area contributed by atoms with Crippen LogP contribution in [-0.2, 0) is 9.59 Å². The third-order valence-electron chi connectivity index (χ3n) is 1.89. The Labute approximate surface area is 103 Å². The van der Waals surface area contributed by atoms with Crippen LogP contribution in [0.4, 0.5) is 0 Å². The summed E-state index contributed by atoms with van der Waals surface area (Å²) < 4.78 is 0. The second kappa shape index (κ2) is 5.96. The number of aryl methyl sites for hydroxylation is 1. The second-order valence-electron chi connectivity index (χ2n) is 3.35. The van der Waals surface area contributed by atoms with Crippen molar-refractivity contribution in [1.29, 1.82) is 5.26 Å². The molecule has 90 valence electrons. The highest BCUT2D eigenvalue weighted by molar-refractivity contribution is 7.11. The van der Waals surface area contributed by atoms with E-state index in [0.29, 0.717) is 0 Å². The number of rotatable bonds is 3. The SMILES string of the molecule is Cc1cnc(C(C)NC(=O)C(=O)NCC#N)s1. The molecular weight excluding hydrogens is 240 g/mol. The van der Waals surface area contributed by atoms with Gasteiger partial charge < -0.3 is 10.6 Å². The Morgan fingerprint density at radius 3 is 2.82 bits per heavy atom. The number of thiazole rings is 1. The molecule has 1 atom stereocenters. The molecular formula is C10H12N4O2S. The highest BCUT2D eigenvalue weighted by Crippen LogP contribution is 2.18. The smallest absolute Gasteiger partial charge is 0.310 e. The van der Waals surface area contributed by atoms with Gasteiger partial charge in [0.1, 0.15) is 11.6 Å². The number of nitrogens with one attached hydrogen (secondary N) is 2. The van der Waals surface area contributed by atoms with Gasteiger partial charge in [-0.15, -0.1) is 11.3 Å². The summed E-state index contributed by atoms with van der Waals surface area (Å²) in [6, 6.07) is 1.39. The van der Waals surface area contributed by atoms with Crippen LogP contribution < -0.4 is 10.6 Å². The number of aromatic nitrogens is 1. The Balaban J connectivity index is 2.51. The van der Waals surface area contributed by atoms with E-state index >= 15 is 0 Å². The molecule has 0 bridgehead atoms. The lowest BCUT2D eigenvalue weighted by Gasteiger charge is -2.10. The minimum atomic E-state index is -0.813. The highest BCUT2D eigenvalue weighted by Gasteiger charge is 2.18. The minimum Gasteiger partial charge on any atom is -0.339 e. The molecule has 0 aliphatic rings. The molecule has 2 amide bonds. The van der Waals surface area contributed by atoms with Crippen molar-refractivity contribution in [1.82, 2.24) is 15.6 Å². The molecule has 0 saturated heterocycles. The lowest BCUT2D eigenvalue weighted by molar-refractivity contribution is -0.139. The molecule has 1 heterocycles. The van der Waals surface area contributed by atoms with Gasteiger partial charge in [-0.1, -0.05) is 0 Å². The van der Waals surface area contributed by atoms with Gasteiger partial charge >= 0.3 is 11.8 Å². The van der Waals surface area contributed by atoms with E-state index < -0.39 is 11.8 Å². The summed E-state index contributed by atoms with van der Waals surface area (Å²) in [7, 11) is 0. The zero-order chi connectivity index (χ0) is 12.8. The molecule has 0 aliphatic heterocycles. The number of carbonyl (C=O) groups is 2. The minimum absolute atomic E-state index is 0.184. The monoisotopic (exact) mass is 252 g/mol. The first-order chi connectivity index (χ1) is 8.04. The molecule has 1 aromatic rings. The van der Waals surface area contributed by atoms with Crippen LogP contribution in [0.25, 0.3) is 0 Å². The van der Waals surface area contributed by atoms with Gasteiger partial charge in [-0.25, -0.2) is 4.98 Å². The van der Waals surface area contributed by atoms with Crippen LogP contribution in [0.5, 0.6) is 0 Å². The summed E-state index contributed by atoms with van der Waals surface area (Å²) in [6.45, 7) is 3.47. The fourth-order valence-electron chi connectivity index (χ4n) is 1.10. The molecule has 1 unspecified atom stereocenters. The maximum atomic E-state index is 11.4. The van der Waals surface area contributed by atoms with Crippen LogP contribution in [0.2, 0.25) is 0 Å². The molecule has 6 nitrogen and oxygen atoms in total. The van der Waals surface area contributed by atoms with Crippen LogP contribution >= 0.6 is 11.3 Å². The molecule has 0 spiro atoms. The number of carbonyl (C=O) groups excluding carboxylic acids is 2. The van der Waals surface area contributed by atoms with Crippen molar-refractivity contribution in [2.24, 2.45) is 0 Å². The summed E-state index contributed by atoms with van der Waals surface area (Å²) in [5.41, 5.74) is 0. The number of amides is 2. The largest absolute Gasteiger partial charge is 0.339 e. The standard InChI is InChI=1S/C10H12N4O2S/c1-6-5-13-10(17-6)7(2)14-9(16)8(15)12-4-3-11/h5,7H,4H2,1-2H3,(H,12,15)(H,14,16). The molecule has 0 aromatic carbocycles. The first kappa shape index (κ1) is 13.1. The predicted octanol–water partition coefficient (Wildman–Crippen LogP) is 0.269. The lowest BCUT2D eigenvalue weighted by atomic mass is 10.3. The Kier molecular flexibility index (Phi) is 4.60. The normalized spacial score (nSPS) is 11.4. The van der Waals surface area contributed by atoms with Crippen LogP contribution in [0, 0.1) is 18.3 Å². The van der Waals surface area contributed by atoms with Crippen molar-refractivity contribution in [3.8, 4) is 6.07 Å². The van der Waals surface area contributed by atoms with Crippen LogP contribution in [-0.4, -0.2) is 23.3 Å². The third-order valence-corrected chi connectivity index (χ3v) is 2.99. The first-order valence-corrected chi connectivity index (χ1v) is 5.74. The van der Waals surface area contributed by atoms with Crippen molar-refractivity contribution in [2.75, 3.05) is 6.54 Å². The molecule has 7 heteroatoms. The summed E-state index contributed by atoms with van der Waals surface area (Å²) >= 11 is 1.46. The fraction of sp³-hybridized carbons (Fsp3) is 0.400. The van der Waals surface area contributed by atoms with E-state index in [2.05, 4.69) is 15.6 Å². The number of hydrogen-bond donors (Lipinski definition) is 2. The summed E-state index contributed by atoms with van der Waals surface area (Å²) in [4.78, 5) is 27.7. The van der Waals surface area contributed by atoms with Gasteiger partial charge in [0.15, 0.2) is 0 Å². The topological polar surface area (TPSA) is 94.9 Å². The van der Waals surface area contributed by atoms with E-state index in [0.717, 1.165) is 9.88 Å². The molecule has 0 fully saturated rings. The van der Waals surface area contributed by atoms with Crippen molar-refractivity contribution < 1.29 is 9.59 Å². The maximum absolute atomic E-state index is 11.4. The van der Waals surface area contributed by atoms with Gasteiger partial charge in [0, 0.05) is 11.1 Å². The average molecular weight is 252 g/mol. The average Bonchev–Trinajstić information content (AvgIpc) is 2.72. The van der Waals surface area contributed by atoms with Gasteiger partial charge in [-0.2, -0.15) is 5.26 Å². The highest BCUT2D eigenvalue weighted by atomic mass is 32.1. The van der Waals surface area contributed by atoms with E-state index in [1.807, 2.05) is 6.92 Å². The Morgan fingerprint density at radius 2 is 2.29 bits per heavy atom. The summed E-state index contributed by atoms with van der Waals surface area (Å²) in [6.07, 6.45) is 1.71. The quantitative estimate of drug-likeness (QED) is 0.596. The molecule has 0 radical (unpaired) electrons. The maximum Gasteiger partial charge on any atom is 0.310 e. The molecule has 0 saturated carbocycles. The second-order valence-corrected chi connectivity index (χ2v) is 4.61. The van der Waals surface area contributed by atoms with Crippen LogP contribution in [0.1, 0.15) is 22.9 Å². The van der Waals surface area contributed by atoms with Gasteiger partial charge in [0.25, 0.3) is 0 Å². The van der Waals surface area contributed by atoms with Gasteiger partial charge in [-0.05, 0) is 13.8 Å². The van der Waals surface area contributed by atoms with E-state index in [1.165, 1.54) is 11.3 Å². The Morgan fingerprint density at radius 1 is 1.59 bits per heavy atom. The van der Waals surface area contributed by atoms with E-state index in [9.17, 15) is 9.59 Å². The number of hydrogen-bond acceptors (Lipinski definition) is 5. The van der Waals surface area contributed by atoms with Gasteiger partial charge in [-0.3, -0.25) is 9.59 Å².